The van der Waals surface area contributed by atoms with Crippen LogP contribution in [-0.4, -0.2) is 36.4 Å². The minimum atomic E-state index is 0.655. The fraction of sp³-hybridized carbons (Fsp3) is 0.200. The van der Waals surface area contributed by atoms with E-state index < -0.39 is 0 Å². The van der Waals surface area contributed by atoms with Crippen molar-refractivity contribution in [3.05, 3.63) is 71.8 Å². The van der Waals surface area contributed by atoms with E-state index in [4.69, 9.17) is 11.6 Å². The fourth-order valence-corrected chi connectivity index (χ4v) is 3.40. The summed E-state index contributed by atoms with van der Waals surface area (Å²) >= 11 is 6.51. The number of rotatable bonds is 3. The first-order chi connectivity index (χ1) is 12.3. The number of nitrogens with zero attached hydrogens (tertiary/aromatic N) is 4. The van der Waals surface area contributed by atoms with Gasteiger partial charge in [0.25, 0.3) is 0 Å². The Morgan fingerprint density at radius 2 is 1.32 bits per heavy atom. The number of piperazine rings is 1. The molecule has 1 aliphatic heterocycles. The molecule has 4 rings (SSSR count). The van der Waals surface area contributed by atoms with Crippen LogP contribution in [-0.2, 0) is 0 Å². The lowest BCUT2D eigenvalue weighted by molar-refractivity contribution is 0.644. The summed E-state index contributed by atoms with van der Waals surface area (Å²) in [5.74, 6) is 0.772. The minimum absolute atomic E-state index is 0.655. The summed E-state index contributed by atoms with van der Waals surface area (Å²) in [5.41, 5.74) is 3.09. The summed E-state index contributed by atoms with van der Waals surface area (Å²) in [7, 11) is 0. The zero-order chi connectivity index (χ0) is 17.1. The molecule has 0 saturated carbocycles. The van der Waals surface area contributed by atoms with Crippen molar-refractivity contribution >= 4 is 23.1 Å². The van der Waals surface area contributed by atoms with E-state index in [9.17, 15) is 0 Å². The highest BCUT2D eigenvalue weighted by Gasteiger charge is 2.21. The molecule has 0 N–H and O–H groups in total. The zero-order valence-electron chi connectivity index (χ0n) is 13.8. The van der Waals surface area contributed by atoms with Crippen molar-refractivity contribution in [1.29, 1.82) is 0 Å². The molecule has 1 saturated heterocycles. The van der Waals surface area contributed by atoms with Gasteiger partial charge in [0, 0.05) is 37.4 Å². The number of para-hydroxylation sites is 1. The molecular weight excluding hydrogens is 332 g/mol. The molecule has 1 fully saturated rings. The van der Waals surface area contributed by atoms with Crippen LogP contribution in [0.2, 0.25) is 5.02 Å². The molecule has 1 aliphatic rings. The van der Waals surface area contributed by atoms with E-state index >= 15 is 0 Å². The van der Waals surface area contributed by atoms with E-state index in [1.54, 1.807) is 0 Å². The summed E-state index contributed by atoms with van der Waals surface area (Å²) in [5, 5.41) is 9.43. The quantitative estimate of drug-likeness (QED) is 0.711. The topological polar surface area (TPSA) is 32.3 Å². The molecule has 0 unspecified atom stereocenters. The Bertz CT molecular complexity index is 831. The van der Waals surface area contributed by atoms with Crippen LogP contribution in [0.4, 0.5) is 11.5 Å². The first-order valence-corrected chi connectivity index (χ1v) is 8.83. The van der Waals surface area contributed by atoms with Gasteiger partial charge in [0.05, 0.1) is 10.7 Å². The molecule has 0 bridgehead atoms. The average molecular weight is 351 g/mol. The van der Waals surface area contributed by atoms with E-state index in [0.717, 1.165) is 43.3 Å². The molecule has 1 aromatic heterocycles. The van der Waals surface area contributed by atoms with Crippen molar-refractivity contribution in [2.24, 2.45) is 0 Å². The molecule has 0 spiro atoms. The average Bonchev–Trinajstić information content (AvgIpc) is 2.69. The lowest BCUT2D eigenvalue weighted by Gasteiger charge is -2.36. The SMILES string of the molecule is Clc1cc(-c2ccccc2)nnc1N1CCN(c2ccccc2)CC1. The summed E-state index contributed by atoms with van der Waals surface area (Å²) < 4.78 is 0. The predicted molar refractivity (Wildman–Crippen MR) is 103 cm³/mol. The molecule has 0 amide bonds. The van der Waals surface area contributed by atoms with Crippen molar-refractivity contribution in [2.75, 3.05) is 36.0 Å². The van der Waals surface area contributed by atoms with Crippen LogP contribution in [0, 0.1) is 0 Å². The molecule has 2 aromatic carbocycles. The van der Waals surface area contributed by atoms with Crippen LogP contribution in [0.5, 0.6) is 0 Å². The van der Waals surface area contributed by atoms with Crippen molar-refractivity contribution in [3.8, 4) is 11.3 Å². The normalized spacial score (nSPS) is 14.6. The maximum Gasteiger partial charge on any atom is 0.170 e. The Morgan fingerprint density at radius 3 is 1.96 bits per heavy atom. The lowest BCUT2D eigenvalue weighted by atomic mass is 10.1. The first kappa shape index (κ1) is 15.9. The van der Waals surface area contributed by atoms with Gasteiger partial charge in [-0.25, -0.2) is 0 Å². The van der Waals surface area contributed by atoms with Crippen molar-refractivity contribution < 1.29 is 0 Å². The molecule has 3 aromatic rings. The molecule has 25 heavy (non-hydrogen) atoms. The van der Waals surface area contributed by atoms with Gasteiger partial charge in [-0.15, -0.1) is 10.2 Å². The Kier molecular flexibility index (Phi) is 4.53. The van der Waals surface area contributed by atoms with Crippen molar-refractivity contribution in [1.82, 2.24) is 10.2 Å². The van der Waals surface area contributed by atoms with Crippen LogP contribution in [0.25, 0.3) is 11.3 Å². The second-order valence-electron chi connectivity index (χ2n) is 6.08. The Hall–Kier alpha value is -2.59. The highest BCUT2D eigenvalue weighted by atomic mass is 35.5. The number of benzene rings is 2. The highest BCUT2D eigenvalue weighted by molar-refractivity contribution is 6.33. The first-order valence-electron chi connectivity index (χ1n) is 8.45. The van der Waals surface area contributed by atoms with Gasteiger partial charge in [-0.05, 0) is 18.2 Å². The standard InChI is InChI=1S/C20H19ClN4/c21-18-15-19(16-7-3-1-4-8-16)22-23-20(18)25-13-11-24(12-14-25)17-9-5-2-6-10-17/h1-10,15H,11-14H2. The van der Waals surface area contributed by atoms with Gasteiger partial charge in [0.15, 0.2) is 5.82 Å². The van der Waals surface area contributed by atoms with E-state index in [1.807, 2.05) is 42.5 Å². The summed E-state index contributed by atoms with van der Waals surface area (Å²) in [6, 6.07) is 22.4. The second-order valence-corrected chi connectivity index (χ2v) is 6.48. The Labute approximate surface area is 152 Å². The van der Waals surface area contributed by atoms with Crippen LogP contribution in [0.3, 0.4) is 0 Å². The smallest absolute Gasteiger partial charge is 0.170 e. The maximum atomic E-state index is 6.51. The third kappa shape index (κ3) is 3.44. The van der Waals surface area contributed by atoms with Gasteiger partial charge in [-0.3, -0.25) is 0 Å². The summed E-state index contributed by atoms with van der Waals surface area (Å²) in [6.07, 6.45) is 0. The van der Waals surface area contributed by atoms with Gasteiger partial charge in [-0.1, -0.05) is 60.1 Å². The van der Waals surface area contributed by atoms with Crippen molar-refractivity contribution in [3.63, 3.8) is 0 Å². The molecule has 2 heterocycles. The molecule has 0 radical (unpaired) electrons. The Balaban J connectivity index is 1.48. The number of anilines is 2. The second kappa shape index (κ2) is 7.11. The summed E-state index contributed by atoms with van der Waals surface area (Å²) in [6.45, 7) is 3.66. The minimum Gasteiger partial charge on any atom is -0.368 e. The third-order valence-corrected chi connectivity index (χ3v) is 4.78. The zero-order valence-corrected chi connectivity index (χ0v) is 14.6. The van der Waals surface area contributed by atoms with E-state index in [1.165, 1.54) is 5.69 Å². The molecule has 5 heteroatoms. The van der Waals surface area contributed by atoms with E-state index in [0.29, 0.717) is 5.02 Å². The van der Waals surface area contributed by atoms with Gasteiger partial charge in [0.1, 0.15) is 0 Å². The molecule has 0 atom stereocenters. The van der Waals surface area contributed by atoms with Crippen LogP contribution in [0.1, 0.15) is 0 Å². The van der Waals surface area contributed by atoms with Gasteiger partial charge >= 0.3 is 0 Å². The van der Waals surface area contributed by atoms with Gasteiger partial charge in [0.2, 0.25) is 0 Å². The van der Waals surface area contributed by atoms with Gasteiger partial charge < -0.3 is 9.80 Å². The van der Waals surface area contributed by atoms with E-state index in [2.05, 4.69) is 44.3 Å². The molecule has 0 aliphatic carbocycles. The predicted octanol–water partition coefficient (Wildman–Crippen LogP) is 4.12. The fourth-order valence-electron chi connectivity index (χ4n) is 3.14. The van der Waals surface area contributed by atoms with Crippen LogP contribution >= 0.6 is 11.6 Å². The van der Waals surface area contributed by atoms with Crippen LogP contribution < -0.4 is 9.80 Å². The van der Waals surface area contributed by atoms with Gasteiger partial charge in [-0.2, -0.15) is 0 Å². The largest absolute Gasteiger partial charge is 0.368 e. The highest BCUT2D eigenvalue weighted by Crippen LogP contribution is 2.28. The number of hydrogen-bond acceptors (Lipinski definition) is 4. The van der Waals surface area contributed by atoms with E-state index in [-0.39, 0.29) is 0 Å². The number of hydrogen-bond donors (Lipinski definition) is 0. The number of halogens is 1. The monoisotopic (exact) mass is 350 g/mol. The van der Waals surface area contributed by atoms with Crippen molar-refractivity contribution in [2.45, 2.75) is 0 Å². The maximum absolute atomic E-state index is 6.51. The van der Waals surface area contributed by atoms with Crippen LogP contribution in [0.15, 0.2) is 66.7 Å². The lowest BCUT2D eigenvalue weighted by Crippen LogP contribution is -2.47. The Morgan fingerprint density at radius 1 is 0.720 bits per heavy atom. The number of aromatic nitrogens is 2. The molecule has 126 valence electrons. The molecule has 4 nitrogen and oxygen atoms in total. The molecular formula is C20H19ClN4. The third-order valence-electron chi connectivity index (χ3n) is 4.50. The summed E-state index contributed by atoms with van der Waals surface area (Å²) in [4.78, 5) is 4.60.